The van der Waals surface area contributed by atoms with Gasteiger partial charge in [-0.25, -0.2) is 0 Å². The molecule has 2 heterocycles. The second-order valence-electron chi connectivity index (χ2n) is 4.76. The Labute approximate surface area is 140 Å². The van der Waals surface area contributed by atoms with Gasteiger partial charge in [0.2, 0.25) is 5.88 Å². The van der Waals surface area contributed by atoms with E-state index in [1.807, 2.05) is 0 Å². The average molecular weight is 379 g/mol. The number of halogens is 6. The van der Waals surface area contributed by atoms with Crippen LogP contribution in [0, 0.1) is 0 Å². The molecule has 0 N–H and O–H groups in total. The van der Waals surface area contributed by atoms with Crippen molar-refractivity contribution < 1.29 is 31.1 Å². The fourth-order valence-corrected chi connectivity index (χ4v) is 2.51. The quantitative estimate of drug-likeness (QED) is 0.466. The van der Waals surface area contributed by atoms with Gasteiger partial charge in [0.05, 0.1) is 5.56 Å². The van der Waals surface area contributed by atoms with Crippen LogP contribution in [-0.2, 0) is 6.18 Å². The van der Waals surface area contributed by atoms with Gasteiger partial charge >= 0.3 is 11.7 Å². The predicted octanol–water partition coefficient (Wildman–Crippen LogP) is 5.15. The highest BCUT2D eigenvalue weighted by atomic mass is 32.2. The van der Waals surface area contributed by atoms with Crippen molar-refractivity contribution in [3.63, 3.8) is 0 Å². The molecule has 11 heteroatoms. The van der Waals surface area contributed by atoms with Crippen LogP contribution in [-0.4, -0.2) is 20.1 Å². The van der Waals surface area contributed by atoms with Gasteiger partial charge in [-0.3, -0.25) is 4.40 Å². The Kier molecular flexibility index (Phi) is 4.27. The van der Waals surface area contributed by atoms with Gasteiger partial charge in [0.25, 0.3) is 0 Å². The first kappa shape index (κ1) is 17.4. The largest absolute Gasteiger partial charge is 0.446 e. The lowest BCUT2D eigenvalue weighted by atomic mass is 10.2. The lowest BCUT2D eigenvalue weighted by molar-refractivity contribution is -0.137. The highest BCUT2D eigenvalue weighted by Gasteiger charge is 2.32. The van der Waals surface area contributed by atoms with E-state index in [-0.39, 0.29) is 33.9 Å². The molecular formula is C14H7F6N3OS. The lowest BCUT2D eigenvalue weighted by Crippen LogP contribution is -2.07. The van der Waals surface area contributed by atoms with Crippen LogP contribution in [0.3, 0.4) is 0 Å². The topological polar surface area (TPSA) is 39.4 Å². The first-order valence-electron chi connectivity index (χ1n) is 6.56. The SMILES string of the molecule is FC(F)(F)Sc1ccc(Oc2cc(C(F)(F)F)cc3nncn23)cc1. The van der Waals surface area contributed by atoms with Crippen LogP contribution in [0.5, 0.6) is 11.6 Å². The van der Waals surface area contributed by atoms with Crippen LogP contribution in [0.15, 0.2) is 47.6 Å². The van der Waals surface area contributed by atoms with Gasteiger partial charge in [-0.1, -0.05) is 0 Å². The molecule has 0 fully saturated rings. The summed E-state index contributed by atoms with van der Waals surface area (Å²) in [6.45, 7) is 0. The van der Waals surface area contributed by atoms with E-state index in [1.54, 1.807) is 0 Å². The highest BCUT2D eigenvalue weighted by molar-refractivity contribution is 8.00. The van der Waals surface area contributed by atoms with E-state index in [4.69, 9.17) is 4.74 Å². The van der Waals surface area contributed by atoms with Crippen LogP contribution in [0.2, 0.25) is 0 Å². The van der Waals surface area contributed by atoms with Crippen molar-refractivity contribution in [2.75, 3.05) is 0 Å². The summed E-state index contributed by atoms with van der Waals surface area (Å²) in [5.41, 5.74) is -5.49. The van der Waals surface area contributed by atoms with Crippen molar-refractivity contribution in [3.05, 3.63) is 48.3 Å². The Morgan fingerprint density at radius 1 is 0.960 bits per heavy atom. The minimum atomic E-state index is -4.61. The average Bonchev–Trinajstić information content (AvgIpc) is 2.95. The number of rotatable bonds is 3. The Balaban J connectivity index is 1.91. The fourth-order valence-electron chi connectivity index (χ4n) is 1.97. The van der Waals surface area contributed by atoms with Crippen LogP contribution in [0.1, 0.15) is 5.56 Å². The van der Waals surface area contributed by atoms with E-state index in [0.29, 0.717) is 0 Å². The Hall–Kier alpha value is -2.43. The molecule has 0 spiro atoms. The van der Waals surface area contributed by atoms with Gasteiger partial charge in [0.15, 0.2) is 5.65 Å². The van der Waals surface area contributed by atoms with Crippen molar-refractivity contribution >= 4 is 17.4 Å². The molecule has 25 heavy (non-hydrogen) atoms. The number of pyridine rings is 1. The number of thioether (sulfide) groups is 1. The molecule has 0 saturated heterocycles. The first-order valence-corrected chi connectivity index (χ1v) is 7.38. The molecule has 0 saturated carbocycles. The zero-order chi connectivity index (χ0) is 18.2. The van der Waals surface area contributed by atoms with E-state index in [0.717, 1.165) is 24.3 Å². The maximum absolute atomic E-state index is 12.9. The zero-order valence-electron chi connectivity index (χ0n) is 12.0. The summed E-state index contributed by atoms with van der Waals surface area (Å²) in [5, 5.41) is 7.07. The van der Waals surface area contributed by atoms with Crippen molar-refractivity contribution in [1.82, 2.24) is 14.6 Å². The summed E-state index contributed by atoms with van der Waals surface area (Å²) in [6, 6.07) is 6.33. The molecule has 0 unspecified atom stereocenters. The highest BCUT2D eigenvalue weighted by Crippen LogP contribution is 2.38. The number of benzene rings is 1. The van der Waals surface area contributed by atoms with Gasteiger partial charge in [0, 0.05) is 11.0 Å². The predicted molar refractivity (Wildman–Crippen MR) is 76.4 cm³/mol. The van der Waals surface area contributed by atoms with Gasteiger partial charge in [-0.2, -0.15) is 26.3 Å². The fraction of sp³-hybridized carbons (Fsp3) is 0.143. The van der Waals surface area contributed by atoms with Crippen LogP contribution in [0.4, 0.5) is 26.3 Å². The second-order valence-corrected chi connectivity index (χ2v) is 5.90. The molecule has 132 valence electrons. The third-order valence-corrected chi connectivity index (χ3v) is 3.72. The summed E-state index contributed by atoms with van der Waals surface area (Å²) < 4.78 is 82.2. The molecule has 3 rings (SSSR count). The maximum Gasteiger partial charge on any atom is 0.446 e. The van der Waals surface area contributed by atoms with Crippen molar-refractivity contribution in [3.8, 4) is 11.6 Å². The maximum atomic E-state index is 12.9. The number of hydrogen-bond donors (Lipinski definition) is 0. The van der Waals surface area contributed by atoms with Crippen molar-refractivity contribution in [2.45, 2.75) is 16.6 Å². The van der Waals surface area contributed by atoms with Crippen molar-refractivity contribution in [2.24, 2.45) is 0 Å². The molecular weight excluding hydrogens is 372 g/mol. The Morgan fingerprint density at radius 3 is 2.24 bits per heavy atom. The minimum absolute atomic E-state index is 0.0702. The molecule has 0 aliphatic heterocycles. The molecule has 2 aromatic heterocycles. The molecule has 0 aliphatic carbocycles. The summed E-state index contributed by atoms with van der Waals surface area (Å²) in [6.07, 6.45) is -3.45. The molecule has 4 nitrogen and oxygen atoms in total. The summed E-state index contributed by atoms with van der Waals surface area (Å²) in [5.74, 6) is -0.146. The first-order chi connectivity index (χ1) is 11.6. The second kappa shape index (κ2) is 6.14. The number of hydrogen-bond acceptors (Lipinski definition) is 4. The van der Waals surface area contributed by atoms with E-state index in [2.05, 4.69) is 10.2 Å². The number of fused-ring (bicyclic) bond motifs is 1. The molecule has 0 atom stereocenters. The normalized spacial score (nSPS) is 12.6. The van der Waals surface area contributed by atoms with Gasteiger partial charge < -0.3 is 4.74 Å². The van der Waals surface area contributed by atoms with E-state index in [1.165, 1.54) is 22.9 Å². The minimum Gasteiger partial charge on any atom is -0.440 e. The van der Waals surface area contributed by atoms with Gasteiger partial charge in [0.1, 0.15) is 12.1 Å². The zero-order valence-corrected chi connectivity index (χ0v) is 12.8. The van der Waals surface area contributed by atoms with Gasteiger partial charge in [-0.15, -0.1) is 10.2 Å². The molecule has 0 aliphatic rings. The molecule has 0 amide bonds. The third kappa shape index (κ3) is 4.16. The molecule has 0 radical (unpaired) electrons. The Morgan fingerprint density at radius 2 is 1.64 bits per heavy atom. The summed E-state index contributed by atoms with van der Waals surface area (Å²) in [4.78, 5) is -0.0710. The number of alkyl halides is 6. The molecule has 1 aromatic carbocycles. The number of aromatic nitrogens is 3. The van der Waals surface area contributed by atoms with E-state index < -0.39 is 17.2 Å². The third-order valence-electron chi connectivity index (χ3n) is 2.98. The lowest BCUT2D eigenvalue weighted by Gasteiger charge is -2.12. The summed E-state index contributed by atoms with van der Waals surface area (Å²) >= 11 is -0.304. The molecule has 3 aromatic rings. The van der Waals surface area contributed by atoms with Gasteiger partial charge in [-0.05, 0) is 42.1 Å². The van der Waals surface area contributed by atoms with E-state index in [9.17, 15) is 26.3 Å². The standard InChI is InChI=1S/C14H7F6N3OS/c15-13(16,17)8-5-11-22-21-7-23(11)12(6-8)24-9-1-3-10(4-2-9)25-14(18,19)20/h1-7H. The number of nitrogens with zero attached hydrogens (tertiary/aromatic N) is 3. The summed E-state index contributed by atoms with van der Waals surface area (Å²) in [7, 11) is 0. The smallest absolute Gasteiger partial charge is 0.440 e. The Bertz CT molecular complexity index is 888. The van der Waals surface area contributed by atoms with Crippen LogP contribution >= 0.6 is 11.8 Å². The van der Waals surface area contributed by atoms with Crippen LogP contribution < -0.4 is 4.74 Å². The molecule has 0 bridgehead atoms. The van der Waals surface area contributed by atoms with Crippen molar-refractivity contribution in [1.29, 1.82) is 0 Å². The monoisotopic (exact) mass is 379 g/mol. The van der Waals surface area contributed by atoms with E-state index >= 15 is 0 Å². The number of ether oxygens (including phenoxy) is 1. The van der Waals surface area contributed by atoms with Crippen LogP contribution in [0.25, 0.3) is 5.65 Å².